The summed E-state index contributed by atoms with van der Waals surface area (Å²) in [6.07, 6.45) is 2.43. The first-order valence-electron chi connectivity index (χ1n) is 5.69. The van der Waals surface area contributed by atoms with Crippen LogP contribution in [-0.2, 0) is 6.42 Å². The highest BCUT2D eigenvalue weighted by atomic mass is 16.5. The second-order valence-electron chi connectivity index (χ2n) is 3.78. The molecule has 18 heavy (non-hydrogen) atoms. The average molecular weight is 242 g/mol. The average Bonchev–Trinajstić information content (AvgIpc) is 2.40. The summed E-state index contributed by atoms with van der Waals surface area (Å²) in [6, 6.07) is 12.7. The highest BCUT2D eigenvalue weighted by Gasteiger charge is 2.07. The zero-order valence-electron chi connectivity index (χ0n) is 9.87. The fourth-order valence-electron chi connectivity index (χ4n) is 1.61. The fourth-order valence-corrected chi connectivity index (χ4v) is 1.61. The number of benzene rings is 1. The van der Waals surface area contributed by atoms with E-state index in [1.807, 2.05) is 24.3 Å². The minimum Gasteiger partial charge on any atom is -0.492 e. The van der Waals surface area contributed by atoms with Crippen molar-refractivity contribution >= 4 is 5.91 Å². The molecule has 1 amide bonds. The molecule has 0 saturated heterocycles. The number of aromatic nitrogens is 1. The number of rotatable bonds is 5. The lowest BCUT2D eigenvalue weighted by atomic mass is 10.2. The number of nitrogens with zero attached hydrogens (tertiary/aromatic N) is 1. The fraction of sp³-hybridized carbons (Fsp3) is 0.143. The van der Waals surface area contributed by atoms with Gasteiger partial charge in [-0.2, -0.15) is 0 Å². The van der Waals surface area contributed by atoms with Crippen LogP contribution in [0.25, 0.3) is 0 Å². The van der Waals surface area contributed by atoms with E-state index in [4.69, 9.17) is 10.5 Å². The number of pyridine rings is 1. The number of hydrogen-bond donors (Lipinski definition) is 1. The van der Waals surface area contributed by atoms with Crippen LogP contribution < -0.4 is 10.5 Å². The van der Waals surface area contributed by atoms with Crippen molar-refractivity contribution in [1.82, 2.24) is 4.98 Å². The summed E-state index contributed by atoms with van der Waals surface area (Å²) in [5.74, 6) is 0.0318. The Hall–Kier alpha value is -2.36. The van der Waals surface area contributed by atoms with Gasteiger partial charge in [0.1, 0.15) is 5.75 Å². The summed E-state index contributed by atoms with van der Waals surface area (Å²) < 4.78 is 5.56. The Balaban J connectivity index is 1.97. The summed E-state index contributed by atoms with van der Waals surface area (Å²) in [7, 11) is 0. The van der Waals surface area contributed by atoms with Gasteiger partial charge in [0.05, 0.1) is 12.2 Å². The Morgan fingerprint density at radius 3 is 2.67 bits per heavy atom. The van der Waals surface area contributed by atoms with Crippen LogP contribution in [0, 0.1) is 0 Å². The van der Waals surface area contributed by atoms with Crippen molar-refractivity contribution in [2.24, 2.45) is 5.73 Å². The van der Waals surface area contributed by atoms with E-state index in [1.165, 1.54) is 0 Å². The lowest BCUT2D eigenvalue weighted by Crippen LogP contribution is -2.13. The number of carbonyl (C=O) groups excluding carboxylic acids is 1. The van der Waals surface area contributed by atoms with E-state index in [0.29, 0.717) is 24.3 Å². The standard InChI is InChI=1S/C14H14N2O2/c15-14(17)12-6-1-2-7-13(12)18-10-8-11-5-3-4-9-16-11/h1-7,9H,8,10H2,(H2,15,17). The van der Waals surface area contributed by atoms with Crippen LogP contribution in [0.5, 0.6) is 5.75 Å². The third-order valence-electron chi connectivity index (χ3n) is 2.49. The first-order valence-corrected chi connectivity index (χ1v) is 5.69. The van der Waals surface area contributed by atoms with Crippen molar-refractivity contribution in [1.29, 1.82) is 0 Å². The minimum absolute atomic E-state index is 0.401. The van der Waals surface area contributed by atoms with E-state index in [9.17, 15) is 4.79 Å². The SMILES string of the molecule is NC(=O)c1ccccc1OCCc1ccccn1. The molecule has 1 aromatic carbocycles. The van der Waals surface area contributed by atoms with E-state index in [0.717, 1.165) is 5.69 Å². The smallest absolute Gasteiger partial charge is 0.252 e. The van der Waals surface area contributed by atoms with Gasteiger partial charge >= 0.3 is 0 Å². The molecule has 4 nitrogen and oxygen atoms in total. The number of primary amides is 1. The number of nitrogens with two attached hydrogens (primary N) is 1. The second kappa shape index (κ2) is 5.82. The highest BCUT2D eigenvalue weighted by molar-refractivity contribution is 5.95. The molecule has 0 aliphatic rings. The molecule has 0 unspecified atom stereocenters. The van der Waals surface area contributed by atoms with E-state index < -0.39 is 5.91 Å². The molecule has 92 valence electrons. The predicted octanol–water partition coefficient (Wildman–Crippen LogP) is 1.80. The molecular formula is C14H14N2O2. The van der Waals surface area contributed by atoms with Gasteiger partial charge in [-0.25, -0.2) is 0 Å². The normalized spacial score (nSPS) is 10.0. The van der Waals surface area contributed by atoms with Gasteiger partial charge in [0.2, 0.25) is 0 Å². The Labute approximate surface area is 105 Å². The summed E-state index contributed by atoms with van der Waals surface area (Å²) in [5.41, 5.74) is 6.62. The summed E-state index contributed by atoms with van der Waals surface area (Å²) in [4.78, 5) is 15.4. The lowest BCUT2D eigenvalue weighted by Gasteiger charge is -2.08. The molecule has 1 aromatic heterocycles. The van der Waals surface area contributed by atoms with Gasteiger partial charge in [-0.15, -0.1) is 0 Å². The van der Waals surface area contributed by atoms with E-state index in [-0.39, 0.29) is 0 Å². The van der Waals surface area contributed by atoms with Crippen molar-refractivity contribution in [3.8, 4) is 5.75 Å². The van der Waals surface area contributed by atoms with Gasteiger partial charge in [0.25, 0.3) is 5.91 Å². The molecule has 0 atom stereocenters. The number of para-hydroxylation sites is 1. The van der Waals surface area contributed by atoms with Crippen LogP contribution in [0.2, 0.25) is 0 Å². The molecule has 0 fully saturated rings. The van der Waals surface area contributed by atoms with Gasteiger partial charge in [-0.1, -0.05) is 18.2 Å². The van der Waals surface area contributed by atoms with Gasteiger partial charge in [-0.3, -0.25) is 9.78 Å². The first kappa shape index (κ1) is 12.1. The monoisotopic (exact) mass is 242 g/mol. The molecule has 4 heteroatoms. The van der Waals surface area contributed by atoms with Crippen LogP contribution in [0.3, 0.4) is 0 Å². The molecule has 0 spiro atoms. The Bertz CT molecular complexity index is 526. The zero-order valence-corrected chi connectivity index (χ0v) is 9.87. The van der Waals surface area contributed by atoms with Gasteiger partial charge in [-0.05, 0) is 24.3 Å². The molecule has 0 saturated carbocycles. The minimum atomic E-state index is -0.483. The van der Waals surface area contributed by atoms with Gasteiger partial charge in [0.15, 0.2) is 0 Å². The summed E-state index contributed by atoms with van der Waals surface area (Å²) >= 11 is 0. The van der Waals surface area contributed by atoms with Crippen molar-refractivity contribution in [3.05, 3.63) is 59.9 Å². The maximum atomic E-state index is 11.2. The Morgan fingerprint density at radius 2 is 1.94 bits per heavy atom. The number of carbonyl (C=O) groups is 1. The van der Waals surface area contributed by atoms with Crippen molar-refractivity contribution < 1.29 is 9.53 Å². The van der Waals surface area contributed by atoms with Crippen LogP contribution in [0.15, 0.2) is 48.7 Å². The summed E-state index contributed by atoms with van der Waals surface area (Å²) in [6.45, 7) is 0.460. The molecule has 2 aromatic rings. The van der Waals surface area contributed by atoms with E-state index >= 15 is 0 Å². The van der Waals surface area contributed by atoms with Crippen molar-refractivity contribution in [2.75, 3.05) is 6.61 Å². The van der Waals surface area contributed by atoms with Crippen LogP contribution in [0.1, 0.15) is 16.1 Å². The predicted molar refractivity (Wildman–Crippen MR) is 68.4 cm³/mol. The number of hydrogen-bond acceptors (Lipinski definition) is 3. The van der Waals surface area contributed by atoms with Gasteiger partial charge in [0, 0.05) is 18.3 Å². The first-order chi connectivity index (χ1) is 8.77. The maximum absolute atomic E-state index is 11.2. The van der Waals surface area contributed by atoms with Crippen molar-refractivity contribution in [3.63, 3.8) is 0 Å². The third-order valence-corrected chi connectivity index (χ3v) is 2.49. The van der Waals surface area contributed by atoms with E-state index in [1.54, 1.807) is 24.4 Å². The van der Waals surface area contributed by atoms with Gasteiger partial charge < -0.3 is 10.5 Å². The largest absolute Gasteiger partial charge is 0.492 e. The Kier molecular flexibility index (Phi) is 3.91. The molecule has 0 aliphatic heterocycles. The summed E-state index contributed by atoms with van der Waals surface area (Å²) in [5, 5.41) is 0. The van der Waals surface area contributed by atoms with Crippen LogP contribution in [-0.4, -0.2) is 17.5 Å². The zero-order chi connectivity index (χ0) is 12.8. The van der Waals surface area contributed by atoms with Crippen LogP contribution >= 0.6 is 0 Å². The lowest BCUT2D eigenvalue weighted by molar-refractivity contribution is 0.0996. The molecule has 1 heterocycles. The second-order valence-corrected chi connectivity index (χ2v) is 3.78. The molecule has 0 radical (unpaired) electrons. The molecule has 2 N–H and O–H groups in total. The Morgan fingerprint density at radius 1 is 1.17 bits per heavy atom. The number of ether oxygens (including phenoxy) is 1. The molecule has 0 bridgehead atoms. The maximum Gasteiger partial charge on any atom is 0.252 e. The molecule has 0 aliphatic carbocycles. The highest BCUT2D eigenvalue weighted by Crippen LogP contribution is 2.17. The van der Waals surface area contributed by atoms with E-state index in [2.05, 4.69) is 4.98 Å². The van der Waals surface area contributed by atoms with Crippen molar-refractivity contribution in [2.45, 2.75) is 6.42 Å². The third kappa shape index (κ3) is 3.07. The molecular weight excluding hydrogens is 228 g/mol. The van der Waals surface area contributed by atoms with Crippen LogP contribution in [0.4, 0.5) is 0 Å². The number of amides is 1. The quantitative estimate of drug-likeness (QED) is 0.869. The molecule has 2 rings (SSSR count). The topological polar surface area (TPSA) is 65.2 Å².